The number of Topliss-reactive ketones (excluding diaryl/α,β-unsaturated/α-hetero) is 1. The Morgan fingerprint density at radius 1 is 1.15 bits per heavy atom. The van der Waals surface area contributed by atoms with Crippen molar-refractivity contribution < 1.29 is 9.59 Å². The first kappa shape index (κ1) is 23.4. The van der Waals surface area contributed by atoms with E-state index >= 15 is 0 Å². The summed E-state index contributed by atoms with van der Waals surface area (Å²) < 4.78 is 3.79. The van der Waals surface area contributed by atoms with Gasteiger partial charge in [-0.15, -0.1) is 0 Å². The molecule has 34 heavy (non-hydrogen) atoms. The number of amides is 1. The number of aromatic nitrogens is 4. The molecule has 3 aromatic rings. The van der Waals surface area contributed by atoms with Crippen molar-refractivity contribution in [2.75, 3.05) is 11.4 Å². The Balaban J connectivity index is 1.92. The minimum absolute atomic E-state index is 0.155. The van der Waals surface area contributed by atoms with Gasteiger partial charge in [0.2, 0.25) is 11.9 Å². The van der Waals surface area contributed by atoms with E-state index in [0.717, 1.165) is 10.1 Å². The van der Waals surface area contributed by atoms with E-state index in [9.17, 15) is 19.2 Å². The molecule has 2 N–H and O–H groups in total. The van der Waals surface area contributed by atoms with Crippen LogP contribution >= 0.6 is 0 Å². The van der Waals surface area contributed by atoms with Gasteiger partial charge in [-0.2, -0.15) is 4.98 Å². The van der Waals surface area contributed by atoms with Crippen molar-refractivity contribution in [1.29, 1.82) is 0 Å². The lowest BCUT2D eigenvalue weighted by Crippen LogP contribution is -2.49. The maximum absolute atomic E-state index is 13.6. The number of allylic oxidation sites excluding steroid dienone is 2. The molecule has 1 saturated heterocycles. The number of rotatable bonds is 6. The van der Waals surface area contributed by atoms with Crippen molar-refractivity contribution in [2.24, 2.45) is 12.8 Å². The van der Waals surface area contributed by atoms with Crippen molar-refractivity contribution in [2.45, 2.75) is 45.8 Å². The van der Waals surface area contributed by atoms with Crippen molar-refractivity contribution in [3.8, 4) is 0 Å². The van der Waals surface area contributed by atoms with E-state index in [4.69, 9.17) is 5.73 Å². The number of nitrogens with two attached hydrogens (primary N) is 1. The van der Waals surface area contributed by atoms with Gasteiger partial charge in [0.1, 0.15) is 0 Å². The van der Waals surface area contributed by atoms with Crippen molar-refractivity contribution in [3.05, 3.63) is 68.4 Å². The molecule has 0 aliphatic carbocycles. The Bertz CT molecular complexity index is 1410. The first-order valence-corrected chi connectivity index (χ1v) is 11.2. The van der Waals surface area contributed by atoms with Gasteiger partial charge in [-0.05, 0) is 26.7 Å². The number of carbonyl (C=O) groups is 2. The number of imidazole rings is 1. The fourth-order valence-electron chi connectivity index (χ4n) is 4.11. The third kappa shape index (κ3) is 4.12. The smallest absolute Gasteiger partial charge is 0.320 e. The second-order valence-electron chi connectivity index (χ2n) is 8.74. The molecular formula is C24H28N6O4. The number of fused-ring (bicyclic) bond motifs is 1. The minimum Gasteiger partial charge on any atom is -0.320 e. The molecule has 0 spiro atoms. The Kier molecular flexibility index (Phi) is 6.34. The highest BCUT2D eigenvalue weighted by molar-refractivity contribution is 5.98. The summed E-state index contributed by atoms with van der Waals surface area (Å²) in [6.45, 7) is 4.13. The SMILES string of the molecule is CC(C)=CCn1c(N2CCCC(N)C2=O)nc2c1c(=O)n(CC(=O)c1ccccc1)c(=O)n2C. The Labute approximate surface area is 195 Å². The van der Waals surface area contributed by atoms with Crippen LogP contribution in [0, 0.1) is 0 Å². The minimum atomic E-state index is -0.651. The molecule has 10 nitrogen and oxygen atoms in total. The molecule has 2 aromatic heterocycles. The number of nitrogens with zero attached hydrogens (tertiary/aromatic N) is 5. The second-order valence-corrected chi connectivity index (χ2v) is 8.74. The van der Waals surface area contributed by atoms with Gasteiger partial charge >= 0.3 is 5.69 Å². The molecule has 1 aromatic carbocycles. The van der Waals surface area contributed by atoms with Crippen LogP contribution in [0.3, 0.4) is 0 Å². The summed E-state index contributed by atoms with van der Waals surface area (Å²) in [7, 11) is 1.50. The van der Waals surface area contributed by atoms with Gasteiger partial charge in [-0.25, -0.2) is 4.79 Å². The highest BCUT2D eigenvalue weighted by Crippen LogP contribution is 2.24. The summed E-state index contributed by atoms with van der Waals surface area (Å²) in [5.74, 6) is -0.358. The fourth-order valence-corrected chi connectivity index (χ4v) is 4.11. The Morgan fingerprint density at radius 2 is 1.85 bits per heavy atom. The average Bonchev–Trinajstić information content (AvgIpc) is 3.20. The van der Waals surface area contributed by atoms with Crippen LogP contribution in [0.4, 0.5) is 5.95 Å². The number of carbonyl (C=O) groups excluding carboxylic acids is 2. The third-order valence-corrected chi connectivity index (χ3v) is 6.01. The van der Waals surface area contributed by atoms with Gasteiger partial charge in [-0.3, -0.25) is 33.0 Å². The maximum Gasteiger partial charge on any atom is 0.332 e. The number of aryl methyl sites for hydroxylation is 1. The van der Waals surface area contributed by atoms with E-state index in [-0.39, 0.29) is 35.3 Å². The van der Waals surface area contributed by atoms with E-state index in [1.54, 1.807) is 34.9 Å². The van der Waals surface area contributed by atoms with E-state index in [2.05, 4.69) is 4.98 Å². The summed E-state index contributed by atoms with van der Waals surface area (Å²) in [5, 5.41) is 0. The maximum atomic E-state index is 13.6. The molecule has 1 amide bonds. The zero-order valence-corrected chi connectivity index (χ0v) is 19.5. The van der Waals surface area contributed by atoms with Gasteiger partial charge in [0.15, 0.2) is 16.9 Å². The van der Waals surface area contributed by atoms with Crippen LogP contribution in [0.25, 0.3) is 11.2 Å². The molecule has 0 bridgehead atoms. The summed E-state index contributed by atoms with van der Waals surface area (Å²) in [6, 6.07) is 7.86. The number of benzene rings is 1. The third-order valence-electron chi connectivity index (χ3n) is 6.01. The number of anilines is 1. The average molecular weight is 465 g/mol. The molecule has 3 heterocycles. The first-order valence-electron chi connectivity index (χ1n) is 11.2. The molecule has 0 saturated carbocycles. The normalized spacial score (nSPS) is 16.2. The van der Waals surface area contributed by atoms with E-state index in [1.165, 1.54) is 16.5 Å². The molecule has 1 unspecified atom stereocenters. The Hall–Kier alpha value is -3.79. The Morgan fingerprint density at radius 3 is 2.53 bits per heavy atom. The molecule has 1 fully saturated rings. The number of hydrogen-bond donors (Lipinski definition) is 1. The molecule has 0 radical (unpaired) electrons. The molecule has 178 valence electrons. The summed E-state index contributed by atoms with van der Waals surface area (Å²) in [5.41, 5.74) is 6.44. The van der Waals surface area contributed by atoms with Gasteiger partial charge in [0.05, 0.1) is 12.6 Å². The summed E-state index contributed by atoms with van der Waals surface area (Å²) in [6.07, 6.45) is 3.19. The molecular weight excluding hydrogens is 436 g/mol. The monoisotopic (exact) mass is 464 g/mol. The molecule has 4 rings (SSSR count). The number of hydrogen-bond acceptors (Lipinski definition) is 6. The molecule has 1 aliphatic heterocycles. The van der Waals surface area contributed by atoms with E-state index in [0.29, 0.717) is 24.9 Å². The lowest BCUT2D eigenvalue weighted by molar-refractivity contribution is -0.121. The first-order chi connectivity index (χ1) is 16.2. The van der Waals surface area contributed by atoms with Crippen molar-refractivity contribution in [1.82, 2.24) is 18.7 Å². The van der Waals surface area contributed by atoms with Crippen LogP contribution < -0.4 is 21.9 Å². The van der Waals surface area contributed by atoms with Crippen molar-refractivity contribution in [3.63, 3.8) is 0 Å². The van der Waals surface area contributed by atoms with Crippen LogP contribution in [0.15, 0.2) is 51.6 Å². The van der Waals surface area contributed by atoms with Crippen LogP contribution in [0.1, 0.15) is 37.0 Å². The quantitative estimate of drug-likeness (QED) is 0.432. The predicted octanol–water partition coefficient (Wildman–Crippen LogP) is 1.20. The van der Waals surface area contributed by atoms with E-state index in [1.807, 2.05) is 19.9 Å². The van der Waals surface area contributed by atoms with Gasteiger partial charge < -0.3 is 5.73 Å². The lowest BCUT2D eigenvalue weighted by Gasteiger charge is -2.29. The zero-order chi connectivity index (χ0) is 24.6. The largest absolute Gasteiger partial charge is 0.332 e. The highest BCUT2D eigenvalue weighted by atomic mass is 16.2. The van der Waals surface area contributed by atoms with Gasteiger partial charge in [0.25, 0.3) is 5.56 Å². The lowest BCUT2D eigenvalue weighted by atomic mass is 10.1. The molecule has 1 atom stereocenters. The fraction of sp³-hybridized carbons (Fsp3) is 0.375. The number of piperidine rings is 1. The van der Waals surface area contributed by atoms with E-state index < -0.39 is 23.8 Å². The van der Waals surface area contributed by atoms with Crippen molar-refractivity contribution >= 4 is 28.8 Å². The highest BCUT2D eigenvalue weighted by Gasteiger charge is 2.32. The van der Waals surface area contributed by atoms with Crippen LogP contribution in [-0.2, 0) is 24.9 Å². The predicted molar refractivity (Wildman–Crippen MR) is 129 cm³/mol. The summed E-state index contributed by atoms with van der Waals surface area (Å²) >= 11 is 0. The standard InChI is InChI=1S/C24H28N6O4/c1-15(2)11-13-28-19-20(26-23(28)29-12-7-10-17(25)21(29)32)27(3)24(34)30(22(19)33)14-18(31)16-8-5-4-6-9-16/h4-6,8-9,11,17H,7,10,12-14,25H2,1-3H3. The molecule has 10 heteroatoms. The van der Waals surface area contributed by atoms with Crippen LogP contribution in [-0.4, -0.2) is 43.0 Å². The van der Waals surface area contributed by atoms with Gasteiger partial charge in [0, 0.05) is 25.7 Å². The second kappa shape index (κ2) is 9.22. The topological polar surface area (TPSA) is 125 Å². The van der Waals surface area contributed by atoms with Crippen LogP contribution in [0.2, 0.25) is 0 Å². The number of ketones is 1. The molecule has 1 aliphatic rings. The van der Waals surface area contributed by atoms with Crippen LogP contribution in [0.5, 0.6) is 0 Å². The van der Waals surface area contributed by atoms with Gasteiger partial charge in [-0.1, -0.05) is 42.0 Å². The zero-order valence-electron chi connectivity index (χ0n) is 19.5. The summed E-state index contributed by atoms with van der Waals surface area (Å²) in [4.78, 5) is 58.3.